The van der Waals surface area contributed by atoms with Crippen molar-refractivity contribution in [2.75, 3.05) is 6.54 Å². The number of aliphatic hydroxyl groups is 1. The van der Waals surface area contributed by atoms with Gasteiger partial charge in [0, 0.05) is 24.2 Å². The highest BCUT2D eigenvalue weighted by Gasteiger charge is 2.49. The zero-order valence-corrected chi connectivity index (χ0v) is 13.4. The highest BCUT2D eigenvalue weighted by atomic mass is 35.5. The van der Waals surface area contributed by atoms with Gasteiger partial charge in [-0.2, -0.15) is 0 Å². The highest BCUT2D eigenvalue weighted by Crippen LogP contribution is 2.54. The van der Waals surface area contributed by atoms with Crippen LogP contribution in [-0.4, -0.2) is 16.6 Å². The van der Waals surface area contributed by atoms with Gasteiger partial charge in [0.05, 0.1) is 6.10 Å². The van der Waals surface area contributed by atoms with Crippen molar-refractivity contribution in [2.24, 2.45) is 5.41 Å². The van der Waals surface area contributed by atoms with E-state index in [-0.39, 0.29) is 11.5 Å². The molecule has 0 radical (unpaired) electrons. The van der Waals surface area contributed by atoms with Crippen molar-refractivity contribution in [1.29, 1.82) is 0 Å². The number of hydrogen-bond donors (Lipinski definition) is 2. The minimum atomic E-state index is -0.408. The van der Waals surface area contributed by atoms with Crippen LogP contribution in [0.5, 0.6) is 0 Å². The van der Waals surface area contributed by atoms with Crippen molar-refractivity contribution in [2.45, 2.75) is 31.9 Å². The first-order valence-electron chi connectivity index (χ1n) is 7.69. The van der Waals surface area contributed by atoms with Crippen molar-refractivity contribution >= 4 is 11.6 Å². The van der Waals surface area contributed by atoms with Gasteiger partial charge in [-0.1, -0.05) is 41.9 Å². The summed E-state index contributed by atoms with van der Waals surface area (Å²) in [5.74, 6) is 0. The topological polar surface area (TPSA) is 45.1 Å². The SMILES string of the molecule is CC(NCC1(C(O)c2ccccc2)CC1)c1ccnc(Cl)c1. The van der Waals surface area contributed by atoms with Gasteiger partial charge >= 0.3 is 0 Å². The minimum Gasteiger partial charge on any atom is -0.388 e. The molecule has 1 heterocycles. The lowest BCUT2D eigenvalue weighted by Crippen LogP contribution is -2.30. The van der Waals surface area contributed by atoms with Crippen molar-refractivity contribution in [3.8, 4) is 0 Å². The number of benzene rings is 1. The maximum absolute atomic E-state index is 10.7. The van der Waals surface area contributed by atoms with Crippen LogP contribution in [0.1, 0.15) is 43.0 Å². The van der Waals surface area contributed by atoms with E-state index in [2.05, 4.69) is 17.2 Å². The summed E-state index contributed by atoms with van der Waals surface area (Å²) in [6, 6.07) is 14.0. The summed E-state index contributed by atoms with van der Waals surface area (Å²) in [5.41, 5.74) is 2.08. The molecule has 0 bridgehead atoms. The first-order valence-corrected chi connectivity index (χ1v) is 8.06. The lowest BCUT2D eigenvalue weighted by molar-refractivity contribution is 0.0903. The van der Waals surface area contributed by atoms with Crippen LogP contribution in [-0.2, 0) is 0 Å². The minimum absolute atomic E-state index is 0.0353. The number of rotatable bonds is 6. The van der Waals surface area contributed by atoms with E-state index in [1.807, 2.05) is 42.5 Å². The molecule has 0 amide bonds. The molecule has 1 saturated carbocycles. The van der Waals surface area contributed by atoms with Crippen LogP contribution in [0, 0.1) is 5.41 Å². The van der Waals surface area contributed by atoms with Gasteiger partial charge in [-0.05, 0) is 43.0 Å². The zero-order valence-electron chi connectivity index (χ0n) is 12.7. The van der Waals surface area contributed by atoms with Gasteiger partial charge in [-0.3, -0.25) is 0 Å². The Balaban J connectivity index is 1.63. The summed E-state index contributed by atoms with van der Waals surface area (Å²) >= 11 is 5.94. The molecule has 3 nitrogen and oxygen atoms in total. The maximum Gasteiger partial charge on any atom is 0.129 e. The molecule has 1 aromatic heterocycles. The normalized spacial score (nSPS) is 18.7. The second kappa shape index (κ2) is 6.37. The number of nitrogens with zero attached hydrogens (tertiary/aromatic N) is 1. The van der Waals surface area contributed by atoms with Crippen molar-refractivity contribution < 1.29 is 5.11 Å². The van der Waals surface area contributed by atoms with E-state index in [1.54, 1.807) is 6.20 Å². The van der Waals surface area contributed by atoms with Crippen LogP contribution >= 0.6 is 11.6 Å². The van der Waals surface area contributed by atoms with Gasteiger partial charge in [-0.25, -0.2) is 4.98 Å². The molecule has 0 aliphatic heterocycles. The molecule has 1 aliphatic carbocycles. The first-order chi connectivity index (χ1) is 10.6. The molecule has 2 atom stereocenters. The molecule has 1 aliphatic rings. The second-order valence-corrected chi connectivity index (χ2v) is 6.58. The van der Waals surface area contributed by atoms with E-state index in [4.69, 9.17) is 11.6 Å². The summed E-state index contributed by atoms with van der Waals surface area (Å²) in [6.45, 7) is 2.90. The molecule has 1 fully saturated rings. The van der Waals surface area contributed by atoms with Gasteiger partial charge in [0.2, 0.25) is 0 Å². The summed E-state index contributed by atoms with van der Waals surface area (Å²) in [4.78, 5) is 4.01. The second-order valence-electron chi connectivity index (χ2n) is 6.19. The molecular weight excluding hydrogens is 296 g/mol. The molecule has 0 spiro atoms. The molecular formula is C18H21ClN2O. The molecule has 2 aromatic rings. The number of aliphatic hydroxyl groups excluding tert-OH is 1. The van der Waals surface area contributed by atoms with Crippen LogP contribution in [0.4, 0.5) is 0 Å². The van der Waals surface area contributed by atoms with Crippen molar-refractivity contribution in [1.82, 2.24) is 10.3 Å². The van der Waals surface area contributed by atoms with Crippen LogP contribution < -0.4 is 5.32 Å². The van der Waals surface area contributed by atoms with E-state index in [1.165, 1.54) is 0 Å². The van der Waals surface area contributed by atoms with E-state index in [9.17, 15) is 5.11 Å². The quantitative estimate of drug-likeness (QED) is 0.794. The number of pyridine rings is 1. The predicted octanol–water partition coefficient (Wildman–Crippen LogP) is 3.90. The standard InChI is InChI=1S/C18H21ClN2O/c1-13(15-7-10-20-16(19)11-15)21-12-18(8-9-18)17(22)14-5-3-2-4-6-14/h2-7,10-11,13,17,21-22H,8-9,12H2,1H3. The third-order valence-electron chi connectivity index (χ3n) is 4.60. The third kappa shape index (κ3) is 3.32. The Morgan fingerprint density at radius 1 is 1.23 bits per heavy atom. The Morgan fingerprint density at radius 3 is 2.59 bits per heavy atom. The third-order valence-corrected chi connectivity index (χ3v) is 4.81. The largest absolute Gasteiger partial charge is 0.388 e. The summed E-state index contributed by atoms with van der Waals surface area (Å²) in [7, 11) is 0. The maximum atomic E-state index is 10.7. The fourth-order valence-corrected chi connectivity index (χ4v) is 3.04. The van der Waals surface area contributed by atoms with E-state index in [0.717, 1.165) is 30.5 Å². The van der Waals surface area contributed by atoms with Gasteiger partial charge < -0.3 is 10.4 Å². The van der Waals surface area contributed by atoms with Crippen molar-refractivity contribution in [3.05, 3.63) is 64.9 Å². The average Bonchev–Trinajstić information content (AvgIpc) is 3.34. The summed E-state index contributed by atoms with van der Waals surface area (Å²) in [6.07, 6.45) is 3.43. The Bertz CT molecular complexity index is 628. The Kier molecular flexibility index (Phi) is 4.48. The van der Waals surface area contributed by atoms with Crippen LogP contribution in [0.3, 0.4) is 0 Å². The van der Waals surface area contributed by atoms with E-state index < -0.39 is 6.10 Å². The molecule has 4 heteroatoms. The van der Waals surface area contributed by atoms with Gasteiger partial charge in [0.1, 0.15) is 5.15 Å². The zero-order chi connectivity index (χ0) is 15.6. The van der Waals surface area contributed by atoms with E-state index in [0.29, 0.717) is 5.15 Å². The van der Waals surface area contributed by atoms with Gasteiger partial charge in [0.25, 0.3) is 0 Å². The fourth-order valence-electron chi connectivity index (χ4n) is 2.86. The molecule has 116 valence electrons. The number of hydrogen-bond acceptors (Lipinski definition) is 3. The molecule has 1 aromatic carbocycles. The van der Waals surface area contributed by atoms with Gasteiger partial charge in [-0.15, -0.1) is 0 Å². The summed E-state index contributed by atoms with van der Waals surface area (Å²) < 4.78 is 0. The molecule has 2 N–H and O–H groups in total. The number of nitrogens with one attached hydrogen (secondary N) is 1. The van der Waals surface area contributed by atoms with Crippen LogP contribution in [0.2, 0.25) is 5.15 Å². The average molecular weight is 317 g/mol. The molecule has 3 rings (SSSR count). The predicted molar refractivity (Wildman–Crippen MR) is 88.7 cm³/mol. The smallest absolute Gasteiger partial charge is 0.129 e. The van der Waals surface area contributed by atoms with Crippen LogP contribution in [0.25, 0.3) is 0 Å². The monoisotopic (exact) mass is 316 g/mol. The Labute approximate surface area is 136 Å². The Hall–Kier alpha value is -1.42. The van der Waals surface area contributed by atoms with Gasteiger partial charge in [0.15, 0.2) is 0 Å². The van der Waals surface area contributed by atoms with Crippen molar-refractivity contribution in [3.63, 3.8) is 0 Å². The van der Waals surface area contributed by atoms with E-state index >= 15 is 0 Å². The molecule has 2 unspecified atom stereocenters. The molecule has 0 saturated heterocycles. The van der Waals surface area contributed by atoms with Crippen LogP contribution in [0.15, 0.2) is 48.7 Å². The number of aromatic nitrogens is 1. The number of halogens is 1. The lowest BCUT2D eigenvalue weighted by atomic mass is 9.92. The first kappa shape index (κ1) is 15.5. The Morgan fingerprint density at radius 2 is 1.95 bits per heavy atom. The molecule has 22 heavy (non-hydrogen) atoms. The fraction of sp³-hybridized carbons (Fsp3) is 0.389. The highest BCUT2D eigenvalue weighted by molar-refractivity contribution is 6.29. The summed E-state index contributed by atoms with van der Waals surface area (Å²) in [5, 5.41) is 14.7. The lowest BCUT2D eigenvalue weighted by Gasteiger charge is -2.25.